The first-order valence-electron chi connectivity index (χ1n) is 11.0. The van der Waals surface area contributed by atoms with Gasteiger partial charge in [0.05, 0.1) is 12.8 Å². The number of amides is 1. The second kappa shape index (κ2) is 10.2. The number of rotatable bonds is 8. The Kier molecular flexibility index (Phi) is 7.07. The number of nitrogens with zero attached hydrogens (tertiary/aromatic N) is 3. The molecule has 4 aromatic rings. The van der Waals surface area contributed by atoms with E-state index < -0.39 is 0 Å². The first-order valence-corrected chi connectivity index (χ1v) is 12.3. The molecule has 0 unspecified atom stereocenters. The van der Waals surface area contributed by atoms with E-state index >= 15 is 0 Å². The van der Waals surface area contributed by atoms with Gasteiger partial charge < -0.3 is 14.6 Å². The summed E-state index contributed by atoms with van der Waals surface area (Å²) in [6.45, 7) is 2.37. The lowest BCUT2D eigenvalue weighted by Crippen LogP contribution is -2.27. The Morgan fingerprint density at radius 3 is 2.62 bits per heavy atom. The maximum Gasteiger partial charge on any atom is 0.277 e. The summed E-state index contributed by atoms with van der Waals surface area (Å²) in [6, 6.07) is 17.6. The maximum absolute atomic E-state index is 13.3. The maximum atomic E-state index is 13.3. The van der Waals surface area contributed by atoms with E-state index in [1.807, 2.05) is 79.4 Å². The Hall–Kier alpha value is -3.52. The molecule has 0 aliphatic rings. The van der Waals surface area contributed by atoms with E-state index in [4.69, 9.17) is 4.74 Å². The van der Waals surface area contributed by atoms with Crippen molar-refractivity contribution in [2.24, 2.45) is 7.05 Å². The predicted octanol–water partition coefficient (Wildman–Crippen LogP) is 3.99. The van der Waals surface area contributed by atoms with Crippen LogP contribution in [0.2, 0.25) is 0 Å². The van der Waals surface area contributed by atoms with Crippen molar-refractivity contribution in [1.29, 1.82) is 0 Å². The van der Waals surface area contributed by atoms with Gasteiger partial charge in [0, 0.05) is 47.8 Å². The lowest BCUT2D eigenvalue weighted by molar-refractivity contribution is -0.121. The number of carbonyl (C=O) groups is 1. The number of thioether (sulfide) groups is 1. The fraction of sp³-hybridized carbons (Fsp3) is 0.269. The Balaban J connectivity index is 1.51. The van der Waals surface area contributed by atoms with Crippen LogP contribution in [0.1, 0.15) is 23.2 Å². The standard InChI is InChI=1S/C26H28N4O3S/c1-17-22(12-13-24(31)27-16-18-8-10-21(34-4)11-9-18)26(32)30-25(29(17)2)15-23(28-30)19-6-5-7-20(14-19)33-3/h5-11,14-15H,12-13,16H2,1-4H3,(H,27,31). The van der Waals surface area contributed by atoms with Gasteiger partial charge in [0.2, 0.25) is 5.91 Å². The Bertz CT molecular complexity index is 1390. The molecule has 0 atom stereocenters. The number of benzene rings is 2. The number of fused-ring (bicyclic) bond motifs is 1. The Morgan fingerprint density at radius 1 is 1.15 bits per heavy atom. The van der Waals surface area contributed by atoms with Crippen LogP contribution >= 0.6 is 11.8 Å². The van der Waals surface area contributed by atoms with Crippen LogP contribution < -0.4 is 15.6 Å². The monoisotopic (exact) mass is 476 g/mol. The second-order valence-electron chi connectivity index (χ2n) is 8.08. The first kappa shape index (κ1) is 23.6. The van der Waals surface area contributed by atoms with Crippen LogP contribution in [0.15, 0.2) is 64.3 Å². The highest BCUT2D eigenvalue weighted by molar-refractivity contribution is 7.98. The summed E-state index contributed by atoms with van der Waals surface area (Å²) in [6.07, 6.45) is 2.61. The molecule has 0 bridgehead atoms. The highest BCUT2D eigenvalue weighted by Crippen LogP contribution is 2.24. The van der Waals surface area contributed by atoms with Crippen LogP contribution in [0.4, 0.5) is 0 Å². The van der Waals surface area contributed by atoms with Crippen molar-refractivity contribution in [2.75, 3.05) is 13.4 Å². The van der Waals surface area contributed by atoms with Crippen molar-refractivity contribution in [2.45, 2.75) is 31.2 Å². The Morgan fingerprint density at radius 2 is 1.91 bits per heavy atom. The number of carbonyl (C=O) groups excluding carboxylic acids is 1. The quantitative estimate of drug-likeness (QED) is 0.389. The third kappa shape index (κ3) is 4.87. The topological polar surface area (TPSA) is 77.6 Å². The van der Waals surface area contributed by atoms with Crippen molar-refractivity contribution in [3.63, 3.8) is 0 Å². The zero-order valence-corrected chi connectivity index (χ0v) is 20.6. The minimum Gasteiger partial charge on any atom is -0.497 e. The van der Waals surface area contributed by atoms with Crippen LogP contribution in [0.25, 0.3) is 16.9 Å². The van der Waals surface area contributed by atoms with Crippen molar-refractivity contribution in [3.8, 4) is 17.0 Å². The summed E-state index contributed by atoms with van der Waals surface area (Å²) in [5.41, 5.74) is 4.52. The van der Waals surface area contributed by atoms with Gasteiger partial charge in [-0.2, -0.15) is 9.61 Å². The molecule has 34 heavy (non-hydrogen) atoms. The van der Waals surface area contributed by atoms with Gasteiger partial charge in [0.25, 0.3) is 5.56 Å². The third-order valence-electron chi connectivity index (χ3n) is 6.04. The number of ether oxygens (including phenoxy) is 1. The van der Waals surface area contributed by atoms with E-state index in [2.05, 4.69) is 10.4 Å². The molecular formula is C26H28N4O3S. The molecule has 2 aromatic carbocycles. The van der Waals surface area contributed by atoms with Crippen molar-refractivity contribution < 1.29 is 9.53 Å². The molecule has 0 saturated carbocycles. The van der Waals surface area contributed by atoms with Gasteiger partial charge in [-0.1, -0.05) is 24.3 Å². The van der Waals surface area contributed by atoms with Gasteiger partial charge in [0.15, 0.2) is 0 Å². The second-order valence-corrected chi connectivity index (χ2v) is 8.96. The Labute approximate surface area is 202 Å². The van der Waals surface area contributed by atoms with E-state index in [0.717, 1.165) is 22.6 Å². The molecule has 176 valence electrons. The molecule has 0 saturated heterocycles. The van der Waals surface area contributed by atoms with Gasteiger partial charge in [-0.15, -0.1) is 11.8 Å². The van der Waals surface area contributed by atoms with E-state index in [0.29, 0.717) is 29.9 Å². The molecule has 0 spiro atoms. The molecule has 0 fully saturated rings. The lowest BCUT2D eigenvalue weighted by atomic mass is 10.1. The minimum absolute atomic E-state index is 0.0898. The number of aryl methyl sites for hydroxylation is 1. The molecule has 0 radical (unpaired) electrons. The van der Waals surface area contributed by atoms with Crippen LogP contribution in [0, 0.1) is 6.92 Å². The van der Waals surface area contributed by atoms with Crippen molar-refractivity contribution in [3.05, 3.63) is 81.8 Å². The zero-order chi connectivity index (χ0) is 24.2. The van der Waals surface area contributed by atoms with Crippen LogP contribution in [-0.2, 0) is 24.8 Å². The zero-order valence-electron chi connectivity index (χ0n) is 19.8. The number of hydrogen-bond donors (Lipinski definition) is 1. The van der Waals surface area contributed by atoms with Gasteiger partial charge in [-0.3, -0.25) is 9.59 Å². The van der Waals surface area contributed by atoms with E-state index in [1.165, 1.54) is 9.41 Å². The number of hydrogen-bond acceptors (Lipinski definition) is 5. The molecular weight excluding hydrogens is 448 g/mol. The summed E-state index contributed by atoms with van der Waals surface area (Å²) in [5, 5.41) is 7.51. The van der Waals surface area contributed by atoms with Gasteiger partial charge >= 0.3 is 0 Å². The summed E-state index contributed by atoms with van der Waals surface area (Å²) >= 11 is 1.68. The smallest absolute Gasteiger partial charge is 0.277 e. The summed E-state index contributed by atoms with van der Waals surface area (Å²) in [5.74, 6) is 0.636. The normalized spacial score (nSPS) is 11.1. The molecule has 1 N–H and O–H groups in total. The van der Waals surface area contributed by atoms with E-state index in [9.17, 15) is 9.59 Å². The fourth-order valence-electron chi connectivity index (χ4n) is 3.90. The molecule has 7 nitrogen and oxygen atoms in total. The van der Waals surface area contributed by atoms with Crippen LogP contribution in [0.5, 0.6) is 5.75 Å². The van der Waals surface area contributed by atoms with Crippen LogP contribution in [-0.4, -0.2) is 33.5 Å². The largest absolute Gasteiger partial charge is 0.497 e. The lowest BCUT2D eigenvalue weighted by Gasteiger charge is -2.12. The summed E-state index contributed by atoms with van der Waals surface area (Å²) < 4.78 is 8.67. The molecule has 2 heterocycles. The SMILES string of the molecule is COc1cccc(-c2cc3n(C)c(C)c(CCC(=O)NCc4ccc(SC)cc4)c(=O)n3n2)c1. The van der Waals surface area contributed by atoms with Crippen molar-refractivity contribution in [1.82, 2.24) is 19.5 Å². The van der Waals surface area contributed by atoms with Crippen LogP contribution in [0.3, 0.4) is 0 Å². The molecule has 8 heteroatoms. The summed E-state index contributed by atoms with van der Waals surface area (Å²) in [7, 11) is 3.52. The number of aromatic nitrogens is 3. The molecule has 2 aromatic heterocycles. The first-order chi connectivity index (χ1) is 16.4. The summed E-state index contributed by atoms with van der Waals surface area (Å²) in [4.78, 5) is 26.9. The molecule has 0 aliphatic heterocycles. The highest BCUT2D eigenvalue weighted by atomic mass is 32.2. The van der Waals surface area contributed by atoms with Gasteiger partial charge in [0.1, 0.15) is 11.4 Å². The molecule has 1 amide bonds. The van der Waals surface area contributed by atoms with Crippen molar-refractivity contribution >= 4 is 23.3 Å². The van der Waals surface area contributed by atoms with Gasteiger partial charge in [-0.05, 0) is 49.4 Å². The fourth-order valence-corrected chi connectivity index (χ4v) is 4.31. The number of nitrogens with one attached hydrogen (secondary N) is 1. The predicted molar refractivity (Wildman–Crippen MR) is 136 cm³/mol. The third-order valence-corrected chi connectivity index (χ3v) is 6.78. The molecule has 4 rings (SSSR count). The molecule has 0 aliphatic carbocycles. The van der Waals surface area contributed by atoms with Gasteiger partial charge in [-0.25, -0.2) is 0 Å². The average Bonchev–Trinajstić information content (AvgIpc) is 3.32. The number of methoxy groups -OCH3 is 1. The highest BCUT2D eigenvalue weighted by Gasteiger charge is 2.17. The average molecular weight is 477 g/mol. The van der Waals surface area contributed by atoms with E-state index in [-0.39, 0.29) is 17.9 Å². The van der Waals surface area contributed by atoms with E-state index in [1.54, 1.807) is 18.9 Å². The minimum atomic E-state index is -0.194.